The number of nitrogens with zero attached hydrogens (tertiary/aromatic N) is 3. The van der Waals surface area contributed by atoms with E-state index in [-0.39, 0.29) is 0 Å². The quantitative estimate of drug-likeness (QED) is 0.398. The second kappa shape index (κ2) is 8.23. The van der Waals surface area contributed by atoms with E-state index in [0.717, 1.165) is 25.9 Å². The minimum atomic E-state index is 0.461. The van der Waals surface area contributed by atoms with Gasteiger partial charge in [0.2, 0.25) is 0 Å². The maximum atomic E-state index is 9.58. The third-order valence-corrected chi connectivity index (χ3v) is 4.69. The molecule has 0 saturated heterocycles. The summed E-state index contributed by atoms with van der Waals surface area (Å²) in [4.78, 5) is 4.38. The van der Waals surface area contributed by atoms with Crippen molar-refractivity contribution in [3.05, 3.63) is 57.4 Å². The SMILES string of the molecule is CCOc1c(I)cc(/C=C(/C#N)Cn2cnc3ccccc32)cc1OC. The van der Waals surface area contributed by atoms with Gasteiger partial charge in [-0.1, -0.05) is 12.1 Å². The van der Waals surface area contributed by atoms with Gasteiger partial charge in [0.15, 0.2) is 11.5 Å². The fourth-order valence-corrected chi connectivity index (χ4v) is 3.52. The molecule has 132 valence electrons. The van der Waals surface area contributed by atoms with E-state index in [2.05, 4.69) is 33.6 Å². The van der Waals surface area contributed by atoms with Crippen LogP contribution < -0.4 is 9.47 Å². The second-order valence-corrected chi connectivity index (χ2v) is 6.77. The first kappa shape index (κ1) is 18.3. The third-order valence-electron chi connectivity index (χ3n) is 3.89. The Balaban J connectivity index is 1.94. The Kier molecular flexibility index (Phi) is 5.78. The van der Waals surface area contributed by atoms with Gasteiger partial charge in [-0.15, -0.1) is 0 Å². The van der Waals surface area contributed by atoms with E-state index in [1.165, 1.54) is 0 Å². The van der Waals surface area contributed by atoms with Gasteiger partial charge in [0, 0.05) is 5.57 Å². The van der Waals surface area contributed by atoms with Crippen molar-refractivity contribution in [2.45, 2.75) is 13.5 Å². The third kappa shape index (κ3) is 3.83. The van der Waals surface area contributed by atoms with Gasteiger partial charge in [-0.3, -0.25) is 0 Å². The molecule has 0 spiro atoms. The minimum absolute atomic E-state index is 0.461. The summed E-state index contributed by atoms with van der Waals surface area (Å²) in [6.45, 7) is 2.97. The molecule has 0 radical (unpaired) electrons. The molecule has 0 amide bonds. The van der Waals surface area contributed by atoms with Gasteiger partial charge in [-0.2, -0.15) is 5.26 Å². The fraction of sp³-hybridized carbons (Fsp3) is 0.200. The van der Waals surface area contributed by atoms with E-state index >= 15 is 0 Å². The lowest BCUT2D eigenvalue weighted by molar-refractivity contribution is 0.308. The van der Waals surface area contributed by atoms with Crippen molar-refractivity contribution in [3.63, 3.8) is 0 Å². The van der Waals surface area contributed by atoms with Crippen molar-refractivity contribution in [1.29, 1.82) is 5.26 Å². The Morgan fingerprint density at radius 1 is 1.35 bits per heavy atom. The average Bonchev–Trinajstić information content (AvgIpc) is 3.06. The molecule has 3 aromatic rings. The molecule has 0 unspecified atom stereocenters. The van der Waals surface area contributed by atoms with E-state index in [4.69, 9.17) is 9.47 Å². The Hall–Kier alpha value is -2.53. The summed E-state index contributed by atoms with van der Waals surface area (Å²) < 4.78 is 14.0. The lowest BCUT2D eigenvalue weighted by Gasteiger charge is -2.12. The molecule has 26 heavy (non-hydrogen) atoms. The van der Waals surface area contributed by atoms with Crippen molar-refractivity contribution in [3.8, 4) is 17.6 Å². The highest BCUT2D eigenvalue weighted by Gasteiger charge is 2.11. The number of fused-ring (bicyclic) bond motifs is 1. The topological polar surface area (TPSA) is 60.1 Å². The van der Waals surface area contributed by atoms with E-state index < -0.39 is 0 Å². The summed E-state index contributed by atoms with van der Waals surface area (Å²) in [6, 6.07) is 14.0. The smallest absolute Gasteiger partial charge is 0.174 e. The number of halogens is 1. The fourth-order valence-electron chi connectivity index (χ4n) is 2.74. The lowest BCUT2D eigenvalue weighted by Crippen LogP contribution is -2.00. The van der Waals surface area contributed by atoms with Gasteiger partial charge >= 0.3 is 0 Å². The summed E-state index contributed by atoms with van der Waals surface area (Å²) in [7, 11) is 1.62. The van der Waals surface area contributed by atoms with E-state index in [9.17, 15) is 5.26 Å². The predicted octanol–water partition coefficient (Wildman–Crippen LogP) is 4.66. The van der Waals surface area contributed by atoms with Crippen LogP contribution in [0.15, 0.2) is 48.3 Å². The van der Waals surface area contributed by atoms with Gasteiger partial charge in [0.25, 0.3) is 0 Å². The van der Waals surface area contributed by atoms with Gasteiger partial charge in [-0.05, 0) is 65.4 Å². The van der Waals surface area contributed by atoms with Crippen LogP contribution in [-0.2, 0) is 6.54 Å². The van der Waals surface area contributed by atoms with Crippen LogP contribution in [-0.4, -0.2) is 23.3 Å². The number of para-hydroxylation sites is 2. The zero-order valence-corrected chi connectivity index (χ0v) is 16.7. The number of hydrogen-bond acceptors (Lipinski definition) is 4. The molecule has 0 saturated carbocycles. The van der Waals surface area contributed by atoms with Crippen LogP contribution in [0.1, 0.15) is 12.5 Å². The first-order chi connectivity index (χ1) is 12.7. The predicted molar refractivity (Wildman–Crippen MR) is 110 cm³/mol. The van der Waals surface area contributed by atoms with E-state index in [1.807, 2.05) is 54.0 Å². The zero-order valence-electron chi connectivity index (χ0n) is 14.6. The monoisotopic (exact) mass is 459 g/mol. The first-order valence-corrected chi connectivity index (χ1v) is 9.25. The van der Waals surface area contributed by atoms with Crippen molar-refractivity contribution in [1.82, 2.24) is 9.55 Å². The Bertz CT molecular complexity index is 1000. The molecule has 6 heteroatoms. The van der Waals surface area contributed by atoms with Crippen molar-refractivity contribution in [2.24, 2.45) is 0 Å². The standard InChI is InChI=1S/C20H18IN3O2/c1-3-26-20-16(21)9-14(10-19(20)25-2)8-15(11-22)12-24-13-23-17-6-4-5-7-18(17)24/h4-10,13H,3,12H2,1-2H3/b15-8-. The highest BCUT2D eigenvalue weighted by Crippen LogP contribution is 2.34. The number of imidazole rings is 1. The summed E-state index contributed by atoms with van der Waals surface area (Å²) in [6.07, 6.45) is 3.63. The highest BCUT2D eigenvalue weighted by atomic mass is 127. The summed E-state index contributed by atoms with van der Waals surface area (Å²) >= 11 is 2.22. The molecular weight excluding hydrogens is 441 g/mol. The number of aromatic nitrogens is 2. The van der Waals surface area contributed by atoms with Gasteiger partial charge in [0.1, 0.15) is 0 Å². The molecule has 0 aliphatic carbocycles. The molecule has 3 rings (SSSR count). The number of benzene rings is 2. The van der Waals surface area contributed by atoms with Crippen LogP contribution in [0.25, 0.3) is 17.1 Å². The normalized spacial score (nSPS) is 11.4. The van der Waals surface area contributed by atoms with Crippen molar-refractivity contribution < 1.29 is 9.47 Å². The summed E-state index contributed by atoms with van der Waals surface area (Å²) in [5.74, 6) is 1.39. The molecule has 0 fully saturated rings. The van der Waals surface area contributed by atoms with Crippen LogP contribution in [0.2, 0.25) is 0 Å². The maximum Gasteiger partial charge on any atom is 0.174 e. The van der Waals surface area contributed by atoms with Crippen LogP contribution in [0.5, 0.6) is 11.5 Å². The largest absolute Gasteiger partial charge is 0.493 e. The van der Waals surface area contributed by atoms with Crippen LogP contribution in [0.4, 0.5) is 0 Å². The number of ether oxygens (including phenoxy) is 2. The second-order valence-electron chi connectivity index (χ2n) is 5.61. The molecule has 5 nitrogen and oxygen atoms in total. The average molecular weight is 459 g/mol. The molecule has 0 bridgehead atoms. The number of methoxy groups -OCH3 is 1. The first-order valence-electron chi connectivity index (χ1n) is 8.17. The number of allylic oxidation sites excluding steroid dienone is 1. The number of hydrogen-bond donors (Lipinski definition) is 0. The molecule has 2 aromatic carbocycles. The van der Waals surface area contributed by atoms with Gasteiger partial charge < -0.3 is 14.0 Å². The van der Waals surface area contributed by atoms with Gasteiger partial charge in [-0.25, -0.2) is 4.98 Å². The maximum absolute atomic E-state index is 9.58. The Morgan fingerprint density at radius 2 is 2.15 bits per heavy atom. The van der Waals surface area contributed by atoms with E-state index in [1.54, 1.807) is 13.4 Å². The molecule has 0 atom stereocenters. The molecule has 0 aliphatic rings. The summed E-state index contributed by atoms with van der Waals surface area (Å²) in [5, 5.41) is 9.58. The lowest BCUT2D eigenvalue weighted by atomic mass is 10.1. The molecular formula is C20H18IN3O2. The van der Waals surface area contributed by atoms with Gasteiger partial charge in [0.05, 0.1) is 47.3 Å². The van der Waals surface area contributed by atoms with E-state index in [0.29, 0.717) is 24.5 Å². The van der Waals surface area contributed by atoms with Crippen molar-refractivity contribution in [2.75, 3.05) is 13.7 Å². The Morgan fingerprint density at radius 3 is 2.88 bits per heavy atom. The van der Waals surface area contributed by atoms with Crippen LogP contribution in [0.3, 0.4) is 0 Å². The minimum Gasteiger partial charge on any atom is -0.493 e. The van der Waals surface area contributed by atoms with Crippen molar-refractivity contribution >= 4 is 39.7 Å². The van der Waals surface area contributed by atoms with Crippen LogP contribution >= 0.6 is 22.6 Å². The molecule has 1 aromatic heterocycles. The molecule has 0 aliphatic heterocycles. The number of rotatable bonds is 6. The zero-order chi connectivity index (χ0) is 18.5. The number of nitriles is 1. The van der Waals surface area contributed by atoms with Crippen LogP contribution in [0, 0.1) is 14.9 Å². The highest BCUT2D eigenvalue weighted by molar-refractivity contribution is 14.1. The molecule has 1 heterocycles. The molecule has 0 N–H and O–H groups in total. The Labute approximate surface area is 166 Å². The summed E-state index contributed by atoms with van der Waals surface area (Å²) in [5.41, 5.74) is 3.46.